The van der Waals surface area contributed by atoms with Gasteiger partial charge in [0.05, 0.1) is 28.6 Å². The van der Waals surface area contributed by atoms with Crippen LogP contribution in [0.3, 0.4) is 0 Å². The van der Waals surface area contributed by atoms with E-state index in [1.807, 2.05) is 18.2 Å². The van der Waals surface area contributed by atoms with Gasteiger partial charge in [0.2, 0.25) is 39.6 Å². The second kappa shape index (κ2) is 19.0. The number of carbonyl (C=O) groups is 6. The van der Waals surface area contributed by atoms with Crippen molar-refractivity contribution in [3.05, 3.63) is 94.5 Å². The molecule has 0 aliphatic rings. The maximum absolute atomic E-state index is 13.4. The number of nitrogens with zero attached hydrogens (tertiary/aromatic N) is 1. The number of nitrogens with one attached hydrogen (secondary N) is 4. The van der Waals surface area contributed by atoms with Gasteiger partial charge in [-0.1, -0.05) is 41.9 Å². The number of carboxylic acid groups (broad SMARTS) is 1. The Hall–Kier alpha value is -5.53. The van der Waals surface area contributed by atoms with E-state index in [0.717, 1.165) is 11.6 Å². The monoisotopic (exact) mass is 796 g/mol. The highest BCUT2D eigenvalue weighted by Crippen LogP contribution is 2.36. The molecule has 0 fully saturated rings. The third-order valence-electron chi connectivity index (χ3n) is 7.62. The van der Waals surface area contributed by atoms with Crippen LogP contribution in [-0.2, 0) is 46.6 Å². The second-order valence-electron chi connectivity index (χ2n) is 11.7. The molecule has 7 N–H and O–H groups in total. The quantitative estimate of drug-likeness (QED) is 0.111. The number of alkyl halides is 3. The number of carboxylic acids is 1. The van der Waals surface area contributed by atoms with Gasteiger partial charge in [-0.2, -0.15) is 17.9 Å². The van der Waals surface area contributed by atoms with Gasteiger partial charge in [0.15, 0.2) is 0 Å². The Kier molecular flexibility index (Phi) is 15.1. The maximum Gasteiger partial charge on any atom is 0.417 e. The van der Waals surface area contributed by atoms with Crippen molar-refractivity contribution in [2.45, 2.75) is 49.3 Å². The lowest BCUT2D eigenvalue weighted by Gasteiger charge is -2.26. The Labute approximate surface area is 312 Å². The van der Waals surface area contributed by atoms with E-state index in [0.29, 0.717) is 18.2 Å². The maximum atomic E-state index is 13.4. The smallest absolute Gasteiger partial charge is 0.417 e. The van der Waals surface area contributed by atoms with Crippen molar-refractivity contribution in [1.29, 1.82) is 0 Å². The normalized spacial score (nSPS) is 12.5. The molecule has 15 nitrogen and oxygen atoms in total. The van der Waals surface area contributed by atoms with Gasteiger partial charge in [0.25, 0.3) is 0 Å². The molecule has 290 valence electrons. The molecule has 3 aromatic carbocycles. The van der Waals surface area contributed by atoms with Gasteiger partial charge in [0, 0.05) is 24.2 Å². The van der Waals surface area contributed by atoms with Crippen molar-refractivity contribution in [3.8, 4) is 0 Å². The number of hydrogen-bond acceptors (Lipinski definition) is 8. The van der Waals surface area contributed by atoms with Crippen LogP contribution in [0.15, 0.2) is 77.7 Å². The average molecular weight is 797 g/mol. The molecule has 2 atom stereocenters. The minimum atomic E-state index is -4.99. The fourth-order valence-corrected chi connectivity index (χ4v) is 6.29. The molecule has 54 heavy (non-hydrogen) atoms. The summed E-state index contributed by atoms with van der Waals surface area (Å²) in [6, 6.07) is 13.4. The summed E-state index contributed by atoms with van der Waals surface area (Å²) in [7, 11) is -4.82. The lowest BCUT2D eigenvalue weighted by molar-refractivity contribution is -0.139. The van der Waals surface area contributed by atoms with Crippen LogP contribution in [0.5, 0.6) is 0 Å². The first-order valence-electron chi connectivity index (χ1n) is 16.0. The first-order chi connectivity index (χ1) is 25.3. The molecule has 0 radical (unpaired) electrons. The van der Waals surface area contributed by atoms with Gasteiger partial charge in [-0.25, -0.2) is 8.42 Å². The topological polar surface area (TPSA) is 234 Å². The molecule has 0 saturated heterocycles. The van der Waals surface area contributed by atoms with Crippen LogP contribution in [-0.4, -0.2) is 85.6 Å². The third kappa shape index (κ3) is 13.2. The van der Waals surface area contributed by atoms with Gasteiger partial charge in [-0.15, -0.1) is 0 Å². The number of benzene rings is 3. The van der Waals surface area contributed by atoms with E-state index in [2.05, 4.69) is 16.0 Å². The number of rotatable bonds is 18. The van der Waals surface area contributed by atoms with E-state index in [4.69, 9.17) is 17.3 Å². The molecule has 5 amide bonds. The van der Waals surface area contributed by atoms with Gasteiger partial charge < -0.3 is 31.7 Å². The van der Waals surface area contributed by atoms with E-state index in [1.165, 1.54) is 36.1 Å². The SMILES string of the molecule is C[C@H](NC(=O)CNC(=O)CC[C@H](NS(=O)(=O)c1ccc(Cl)c(C(F)(F)F)c1)C(=O)O)C(=O)N(CCc1ccccc1)CC(=O)Nc1ccc(C(N)=O)cc1. The highest BCUT2D eigenvalue weighted by molar-refractivity contribution is 7.89. The summed E-state index contributed by atoms with van der Waals surface area (Å²) in [5.41, 5.74) is 5.22. The Balaban J connectivity index is 1.56. The summed E-state index contributed by atoms with van der Waals surface area (Å²) in [6.45, 7) is 0.372. The zero-order valence-corrected chi connectivity index (χ0v) is 30.1. The van der Waals surface area contributed by atoms with Crippen LogP contribution >= 0.6 is 11.6 Å². The summed E-state index contributed by atoms with van der Waals surface area (Å²) in [5, 5.41) is 16.0. The number of nitrogens with two attached hydrogens (primary N) is 1. The highest BCUT2D eigenvalue weighted by atomic mass is 35.5. The lowest BCUT2D eigenvalue weighted by Crippen LogP contribution is -2.51. The van der Waals surface area contributed by atoms with Crippen LogP contribution in [0.4, 0.5) is 18.9 Å². The van der Waals surface area contributed by atoms with E-state index < -0.39 is 105 Å². The zero-order valence-electron chi connectivity index (χ0n) is 28.5. The molecular weight excluding hydrogens is 761 g/mol. The second-order valence-corrected chi connectivity index (χ2v) is 13.9. The number of hydrogen-bond donors (Lipinski definition) is 6. The third-order valence-corrected chi connectivity index (χ3v) is 9.41. The standard InChI is InChI=1S/C34H36ClF3N6O9S/c1-20(32(49)44(16-15-21-5-3-2-4-6-21)19-30(47)42-23-9-7-22(8-10-23)31(39)48)41-29(46)18-40-28(45)14-13-27(33(50)51)43-54(52,53)24-11-12-26(35)25(17-24)34(36,37)38/h2-12,17,20,27,43H,13-16,18-19H2,1H3,(H2,39,48)(H,40,45)(H,41,46)(H,42,47)(H,50,51)/t20-,27-/m0/s1. The Morgan fingerprint density at radius 3 is 2.17 bits per heavy atom. The molecule has 0 spiro atoms. The molecule has 0 saturated carbocycles. The predicted molar refractivity (Wildman–Crippen MR) is 188 cm³/mol. The number of carbonyl (C=O) groups excluding carboxylic acids is 5. The molecule has 20 heteroatoms. The Morgan fingerprint density at radius 2 is 1.57 bits per heavy atom. The van der Waals surface area contributed by atoms with Gasteiger partial charge >= 0.3 is 12.1 Å². The predicted octanol–water partition coefficient (Wildman–Crippen LogP) is 2.30. The first kappa shape index (κ1) is 42.9. The van der Waals surface area contributed by atoms with Crippen LogP contribution in [0.1, 0.15) is 41.3 Å². The summed E-state index contributed by atoms with van der Waals surface area (Å²) < 4.78 is 66.7. The zero-order chi connectivity index (χ0) is 40.2. The number of amides is 5. The minimum Gasteiger partial charge on any atom is -0.480 e. The van der Waals surface area contributed by atoms with Crippen LogP contribution in [0.2, 0.25) is 5.02 Å². The van der Waals surface area contributed by atoms with Crippen LogP contribution < -0.4 is 26.4 Å². The Bertz CT molecular complexity index is 1970. The molecule has 0 bridgehead atoms. The van der Waals surface area contributed by atoms with E-state index in [1.54, 1.807) is 16.9 Å². The lowest BCUT2D eigenvalue weighted by atomic mass is 10.1. The van der Waals surface area contributed by atoms with E-state index in [-0.39, 0.29) is 18.2 Å². The van der Waals surface area contributed by atoms with Crippen molar-refractivity contribution in [2.75, 3.05) is 25.0 Å². The van der Waals surface area contributed by atoms with Crippen molar-refractivity contribution < 1.29 is 55.5 Å². The average Bonchev–Trinajstić information content (AvgIpc) is 3.10. The van der Waals surface area contributed by atoms with Crippen molar-refractivity contribution in [2.24, 2.45) is 5.73 Å². The Morgan fingerprint density at radius 1 is 0.926 bits per heavy atom. The molecule has 0 aliphatic heterocycles. The van der Waals surface area contributed by atoms with Gasteiger partial charge in [-0.05, 0) is 67.8 Å². The summed E-state index contributed by atoms with van der Waals surface area (Å²) in [5.74, 6) is -5.30. The molecule has 0 unspecified atom stereocenters. The van der Waals surface area contributed by atoms with Crippen molar-refractivity contribution in [1.82, 2.24) is 20.3 Å². The van der Waals surface area contributed by atoms with Crippen molar-refractivity contribution in [3.63, 3.8) is 0 Å². The molecule has 0 aliphatic carbocycles. The molecule has 0 aromatic heterocycles. The fraction of sp³-hybridized carbons (Fsp3) is 0.294. The van der Waals surface area contributed by atoms with Crippen molar-refractivity contribution >= 4 is 62.8 Å². The number of halogens is 4. The van der Waals surface area contributed by atoms with Crippen LogP contribution in [0, 0.1) is 0 Å². The number of primary amides is 1. The first-order valence-corrected chi connectivity index (χ1v) is 17.8. The highest BCUT2D eigenvalue weighted by Gasteiger charge is 2.35. The molecular formula is C34H36ClF3N6O9S. The summed E-state index contributed by atoms with van der Waals surface area (Å²) in [6.07, 6.45) is -5.90. The number of aliphatic carboxylic acids is 1. The van der Waals surface area contributed by atoms with Gasteiger partial charge in [0.1, 0.15) is 12.1 Å². The van der Waals surface area contributed by atoms with E-state index >= 15 is 0 Å². The summed E-state index contributed by atoms with van der Waals surface area (Å²) >= 11 is 5.52. The largest absolute Gasteiger partial charge is 0.480 e. The summed E-state index contributed by atoms with van der Waals surface area (Å²) in [4.78, 5) is 74.7. The van der Waals surface area contributed by atoms with Gasteiger partial charge in [-0.3, -0.25) is 28.8 Å². The minimum absolute atomic E-state index is 0.0871. The van der Waals surface area contributed by atoms with E-state index in [9.17, 15) is 55.5 Å². The molecule has 3 rings (SSSR count). The van der Waals surface area contributed by atoms with Crippen LogP contribution in [0.25, 0.3) is 0 Å². The fourth-order valence-electron chi connectivity index (χ4n) is 4.82. The number of anilines is 1. The number of sulfonamides is 1. The molecule has 3 aromatic rings. The molecule has 0 heterocycles.